The number of carbonyl (C=O) groups is 3. The molecule has 1 fully saturated rings. The number of carboxylic acid groups (broad SMARTS) is 1. The molecule has 1 unspecified atom stereocenters. The van der Waals surface area contributed by atoms with E-state index < -0.39 is 24.0 Å². The van der Waals surface area contributed by atoms with Crippen LogP contribution in [0.15, 0.2) is 30.3 Å². The van der Waals surface area contributed by atoms with Gasteiger partial charge in [-0.3, -0.25) is 19.7 Å². The third kappa shape index (κ3) is 8.32. The van der Waals surface area contributed by atoms with Crippen LogP contribution in [0.1, 0.15) is 64.4 Å². The highest BCUT2D eigenvalue weighted by Crippen LogP contribution is 2.22. The SMILES string of the molecule is CCOC(=O)C(CCc1ccccc1)N[C@@H](C)C(=O)N(CC(=O)O)C1CCCCCC1. The van der Waals surface area contributed by atoms with Gasteiger partial charge in [0.05, 0.1) is 12.6 Å². The number of carboxylic acids is 1. The third-order valence-electron chi connectivity index (χ3n) is 5.81. The van der Waals surface area contributed by atoms with Crippen molar-refractivity contribution in [3.8, 4) is 0 Å². The Bertz CT molecular complexity index is 701. The zero-order valence-electron chi connectivity index (χ0n) is 18.7. The summed E-state index contributed by atoms with van der Waals surface area (Å²) in [5.74, 6) is -1.68. The summed E-state index contributed by atoms with van der Waals surface area (Å²) in [5, 5.41) is 12.5. The minimum absolute atomic E-state index is 0.0688. The van der Waals surface area contributed by atoms with Crippen LogP contribution in [0.5, 0.6) is 0 Å². The number of ether oxygens (including phenoxy) is 1. The maximum atomic E-state index is 13.2. The monoisotopic (exact) mass is 432 g/mol. The Morgan fingerprint density at radius 1 is 1.13 bits per heavy atom. The molecular weight excluding hydrogens is 396 g/mol. The van der Waals surface area contributed by atoms with E-state index in [1.54, 1.807) is 13.8 Å². The Morgan fingerprint density at radius 2 is 1.77 bits per heavy atom. The minimum atomic E-state index is -1.02. The van der Waals surface area contributed by atoms with E-state index in [4.69, 9.17) is 4.74 Å². The number of benzene rings is 1. The van der Waals surface area contributed by atoms with Crippen molar-refractivity contribution in [2.24, 2.45) is 0 Å². The summed E-state index contributed by atoms with van der Waals surface area (Å²) in [6, 6.07) is 8.44. The number of hydrogen-bond acceptors (Lipinski definition) is 5. The lowest BCUT2D eigenvalue weighted by molar-refractivity contribution is -0.149. The number of aryl methyl sites for hydroxylation is 1. The molecule has 0 saturated heterocycles. The van der Waals surface area contributed by atoms with E-state index in [1.165, 1.54) is 4.90 Å². The Labute approximate surface area is 185 Å². The number of rotatable bonds is 11. The lowest BCUT2D eigenvalue weighted by Crippen LogP contribution is -2.54. The predicted molar refractivity (Wildman–Crippen MR) is 119 cm³/mol. The molecule has 1 aromatic carbocycles. The van der Waals surface area contributed by atoms with Gasteiger partial charge < -0.3 is 14.7 Å². The first-order chi connectivity index (χ1) is 14.9. The van der Waals surface area contributed by atoms with Gasteiger partial charge in [-0.1, -0.05) is 56.0 Å². The number of aliphatic carboxylic acids is 1. The highest BCUT2D eigenvalue weighted by atomic mass is 16.5. The summed E-state index contributed by atoms with van der Waals surface area (Å²) < 4.78 is 5.21. The van der Waals surface area contributed by atoms with E-state index in [0.29, 0.717) is 12.8 Å². The van der Waals surface area contributed by atoms with E-state index >= 15 is 0 Å². The largest absolute Gasteiger partial charge is 0.480 e. The van der Waals surface area contributed by atoms with Crippen LogP contribution in [-0.4, -0.2) is 59.1 Å². The molecule has 31 heavy (non-hydrogen) atoms. The van der Waals surface area contributed by atoms with E-state index in [1.807, 2.05) is 30.3 Å². The summed E-state index contributed by atoms with van der Waals surface area (Å²) in [5.41, 5.74) is 1.10. The van der Waals surface area contributed by atoms with Gasteiger partial charge >= 0.3 is 11.9 Å². The van der Waals surface area contributed by atoms with Crippen molar-refractivity contribution in [1.29, 1.82) is 0 Å². The molecule has 0 aromatic heterocycles. The summed E-state index contributed by atoms with van der Waals surface area (Å²) in [6.45, 7) is 3.39. The number of esters is 1. The van der Waals surface area contributed by atoms with Crippen molar-refractivity contribution in [3.05, 3.63) is 35.9 Å². The summed E-state index contributed by atoms with van der Waals surface area (Å²) in [4.78, 5) is 38.7. The second kappa shape index (κ2) is 13.1. The van der Waals surface area contributed by atoms with Crippen LogP contribution in [0.3, 0.4) is 0 Å². The highest BCUT2D eigenvalue weighted by molar-refractivity contribution is 5.86. The molecule has 1 aliphatic rings. The van der Waals surface area contributed by atoms with E-state index in [0.717, 1.165) is 44.1 Å². The zero-order chi connectivity index (χ0) is 22.6. The Balaban J connectivity index is 2.08. The summed E-state index contributed by atoms with van der Waals surface area (Å²) >= 11 is 0. The summed E-state index contributed by atoms with van der Waals surface area (Å²) in [7, 11) is 0. The molecular formula is C24H36N2O5. The fourth-order valence-electron chi connectivity index (χ4n) is 4.19. The van der Waals surface area contributed by atoms with Crippen molar-refractivity contribution in [2.45, 2.75) is 83.3 Å². The normalized spacial score (nSPS) is 16.7. The van der Waals surface area contributed by atoms with Gasteiger partial charge in [0.1, 0.15) is 12.6 Å². The van der Waals surface area contributed by atoms with E-state index in [-0.39, 0.29) is 25.1 Å². The minimum Gasteiger partial charge on any atom is -0.480 e. The van der Waals surface area contributed by atoms with Crippen LogP contribution in [0.25, 0.3) is 0 Å². The van der Waals surface area contributed by atoms with Gasteiger partial charge in [0.25, 0.3) is 0 Å². The highest BCUT2D eigenvalue weighted by Gasteiger charge is 2.32. The lowest BCUT2D eigenvalue weighted by Gasteiger charge is -2.33. The quantitative estimate of drug-likeness (QED) is 0.412. The van der Waals surface area contributed by atoms with Crippen LogP contribution < -0.4 is 5.32 Å². The zero-order valence-corrected chi connectivity index (χ0v) is 18.7. The number of nitrogens with zero attached hydrogens (tertiary/aromatic N) is 1. The first-order valence-electron chi connectivity index (χ1n) is 11.4. The van der Waals surface area contributed by atoms with Crippen molar-refractivity contribution in [3.63, 3.8) is 0 Å². The first kappa shape index (κ1) is 24.9. The predicted octanol–water partition coefficient (Wildman–Crippen LogP) is 3.17. The molecule has 0 radical (unpaired) electrons. The number of carbonyl (C=O) groups excluding carboxylic acids is 2. The molecule has 2 rings (SSSR count). The summed E-state index contributed by atoms with van der Waals surface area (Å²) in [6.07, 6.45) is 7.02. The second-order valence-corrected chi connectivity index (χ2v) is 8.22. The van der Waals surface area contributed by atoms with Crippen LogP contribution in [-0.2, 0) is 25.5 Å². The van der Waals surface area contributed by atoms with Gasteiger partial charge in [-0.2, -0.15) is 0 Å². The number of amides is 1. The average Bonchev–Trinajstić information content (AvgIpc) is 3.04. The van der Waals surface area contributed by atoms with E-state index in [2.05, 4.69) is 5.32 Å². The van der Waals surface area contributed by atoms with Gasteiger partial charge in [-0.05, 0) is 45.1 Å². The van der Waals surface area contributed by atoms with Crippen molar-refractivity contribution in [2.75, 3.05) is 13.2 Å². The molecule has 1 aliphatic carbocycles. The van der Waals surface area contributed by atoms with Gasteiger partial charge in [-0.15, -0.1) is 0 Å². The number of nitrogens with one attached hydrogen (secondary N) is 1. The molecule has 2 N–H and O–H groups in total. The standard InChI is InChI=1S/C24H36N2O5/c1-3-31-24(30)21(16-15-19-11-7-6-8-12-19)25-18(2)23(29)26(17-22(27)28)20-13-9-4-5-10-14-20/h6-8,11-12,18,20-21,25H,3-5,9-10,13-17H2,1-2H3,(H,27,28)/t18-,21?/m0/s1. The maximum absolute atomic E-state index is 13.2. The van der Waals surface area contributed by atoms with Gasteiger partial charge in [0.15, 0.2) is 0 Å². The van der Waals surface area contributed by atoms with Crippen LogP contribution >= 0.6 is 0 Å². The van der Waals surface area contributed by atoms with Crippen molar-refractivity contribution < 1.29 is 24.2 Å². The topological polar surface area (TPSA) is 95.9 Å². The molecule has 7 nitrogen and oxygen atoms in total. The molecule has 2 atom stereocenters. The van der Waals surface area contributed by atoms with E-state index in [9.17, 15) is 19.5 Å². The van der Waals surface area contributed by atoms with Crippen molar-refractivity contribution in [1.82, 2.24) is 10.2 Å². The fourth-order valence-corrected chi connectivity index (χ4v) is 4.19. The van der Waals surface area contributed by atoms with Gasteiger partial charge in [0.2, 0.25) is 5.91 Å². The molecule has 172 valence electrons. The smallest absolute Gasteiger partial charge is 0.323 e. The second-order valence-electron chi connectivity index (χ2n) is 8.22. The molecule has 0 bridgehead atoms. The van der Waals surface area contributed by atoms with Crippen molar-refractivity contribution >= 4 is 17.8 Å². The molecule has 1 amide bonds. The van der Waals surface area contributed by atoms with Gasteiger partial charge in [0, 0.05) is 6.04 Å². The molecule has 0 spiro atoms. The molecule has 1 aromatic rings. The molecule has 1 saturated carbocycles. The molecule has 7 heteroatoms. The Morgan fingerprint density at radius 3 is 2.35 bits per heavy atom. The Kier molecular flexibility index (Phi) is 10.5. The third-order valence-corrected chi connectivity index (χ3v) is 5.81. The van der Waals surface area contributed by atoms with Gasteiger partial charge in [-0.25, -0.2) is 0 Å². The lowest BCUT2D eigenvalue weighted by atomic mass is 10.0. The fraction of sp³-hybridized carbons (Fsp3) is 0.625. The first-order valence-corrected chi connectivity index (χ1v) is 11.4. The number of hydrogen-bond donors (Lipinski definition) is 2. The van der Waals surface area contributed by atoms with Crippen LogP contribution in [0, 0.1) is 0 Å². The van der Waals surface area contributed by atoms with Crippen LogP contribution in [0.2, 0.25) is 0 Å². The van der Waals surface area contributed by atoms with Crippen LogP contribution in [0.4, 0.5) is 0 Å². The molecule has 0 aliphatic heterocycles. The maximum Gasteiger partial charge on any atom is 0.323 e. The molecule has 0 heterocycles. The Hall–Kier alpha value is -2.41. The average molecular weight is 433 g/mol.